The molecular weight excluding hydrogens is 395 g/mol. The molecule has 1 atom stereocenters. The molecule has 0 spiro atoms. The first kappa shape index (κ1) is 23.1. The summed E-state index contributed by atoms with van der Waals surface area (Å²) in [5.74, 6) is 0.652. The topological polar surface area (TPSA) is 117 Å². The molecule has 2 aromatic heterocycles. The number of aryl methyl sites for hydroxylation is 1. The fourth-order valence-electron chi connectivity index (χ4n) is 3.29. The zero-order valence-corrected chi connectivity index (χ0v) is 17.1. The Bertz CT molecular complexity index is 815. The predicted octanol–water partition coefficient (Wildman–Crippen LogP) is 0.0153. The minimum atomic E-state index is -0.144. The van der Waals surface area contributed by atoms with Crippen molar-refractivity contribution in [3.05, 3.63) is 28.2 Å². The van der Waals surface area contributed by atoms with E-state index in [1.165, 1.54) is 4.68 Å². The average Bonchev–Trinajstić information content (AvgIpc) is 3.20. The summed E-state index contributed by atoms with van der Waals surface area (Å²) in [6.45, 7) is 4.66. The van der Waals surface area contributed by atoms with Crippen molar-refractivity contribution in [2.45, 2.75) is 38.8 Å². The van der Waals surface area contributed by atoms with Crippen molar-refractivity contribution in [1.82, 2.24) is 34.2 Å². The molecular formula is C15H26Cl2N8O2. The van der Waals surface area contributed by atoms with E-state index in [2.05, 4.69) is 15.4 Å². The fourth-order valence-corrected chi connectivity index (χ4v) is 3.29. The minimum absolute atomic E-state index is 0. The van der Waals surface area contributed by atoms with Gasteiger partial charge in [0.2, 0.25) is 0 Å². The highest BCUT2D eigenvalue weighted by Gasteiger charge is 2.30. The highest BCUT2D eigenvalue weighted by Crippen LogP contribution is 2.25. The number of carbonyl (C=O) groups is 1. The van der Waals surface area contributed by atoms with E-state index in [9.17, 15) is 9.59 Å². The smallest absolute Gasteiger partial charge is 0.336 e. The van der Waals surface area contributed by atoms with Gasteiger partial charge in [-0.15, -0.1) is 29.9 Å². The Kier molecular flexibility index (Phi) is 8.45. The molecule has 0 aromatic carbocycles. The summed E-state index contributed by atoms with van der Waals surface area (Å²) in [6, 6.07) is 0. The Morgan fingerprint density at radius 3 is 2.78 bits per heavy atom. The van der Waals surface area contributed by atoms with Gasteiger partial charge in [-0.05, 0) is 19.8 Å². The van der Waals surface area contributed by atoms with E-state index < -0.39 is 0 Å². The molecule has 3 rings (SSSR count). The first-order valence-corrected chi connectivity index (χ1v) is 8.58. The predicted molar refractivity (Wildman–Crippen MR) is 105 cm³/mol. The first-order valence-electron chi connectivity index (χ1n) is 8.58. The van der Waals surface area contributed by atoms with Gasteiger partial charge in [0.05, 0.1) is 12.7 Å². The van der Waals surface area contributed by atoms with Crippen molar-refractivity contribution in [3.8, 4) is 0 Å². The largest absolute Gasteiger partial charge is 0.345 e. The Morgan fingerprint density at radius 2 is 2.11 bits per heavy atom. The summed E-state index contributed by atoms with van der Waals surface area (Å²) in [5, 5.41) is 12.3. The van der Waals surface area contributed by atoms with Gasteiger partial charge in [0.1, 0.15) is 5.82 Å². The van der Waals surface area contributed by atoms with E-state index in [1.54, 1.807) is 27.4 Å². The van der Waals surface area contributed by atoms with Crippen LogP contribution in [-0.4, -0.2) is 59.8 Å². The minimum Gasteiger partial charge on any atom is -0.336 e. The van der Waals surface area contributed by atoms with E-state index in [1.807, 2.05) is 6.92 Å². The highest BCUT2D eigenvalue weighted by atomic mass is 35.5. The summed E-state index contributed by atoms with van der Waals surface area (Å²) in [7, 11) is 1.65. The van der Waals surface area contributed by atoms with Gasteiger partial charge in [-0.25, -0.2) is 9.48 Å². The van der Waals surface area contributed by atoms with Crippen molar-refractivity contribution < 1.29 is 4.79 Å². The number of nitrogens with two attached hydrogens (primary N) is 1. The van der Waals surface area contributed by atoms with Crippen LogP contribution in [0.15, 0.2) is 11.0 Å². The van der Waals surface area contributed by atoms with Gasteiger partial charge in [0, 0.05) is 39.1 Å². The van der Waals surface area contributed by atoms with Crippen LogP contribution < -0.4 is 11.4 Å². The second kappa shape index (κ2) is 9.86. The quantitative estimate of drug-likeness (QED) is 0.727. The van der Waals surface area contributed by atoms with E-state index >= 15 is 0 Å². The van der Waals surface area contributed by atoms with Gasteiger partial charge in [-0.1, -0.05) is 5.21 Å². The van der Waals surface area contributed by atoms with Crippen LogP contribution in [0.2, 0.25) is 0 Å². The Hall–Kier alpha value is -1.91. The maximum Gasteiger partial charge on any atom is 0.345 e. The molecule has 1 aliphatic rings. The van der Waals surface area contributed by atoms with Gasteiger partial charge in [-0.3, -0.25) is 14.0 Å². The molecule has 1 unspecified atom stereocenters. The lowest BCUT2D eigenvalue weighted by Crippen LogP contribution is -2.40. The molecule has 2 aromatic rings. The van der Waals surface area contributed by atoms with Gasteiger partial charge < -0.3 is 10.6 Å². The van der Waals surface area contributed by atoms with Crippen LogP contribution in [0, 0.1) is 0 Å². The molecule has 12 heteroatoms. The molecule has 1 fully saturated rings. The van der Waals surface area contributed by atoms with E-state index in [-0.39, 0.29) is 42.3 Å². The zero-order chi connectivity index (χ0) is 18.0. The molecule has 0 bridgehead atoms. The summed E-state index contributed by atoms with van der Waals surface area (Å²) in [5.41, 5.74) is 5.69. The second-order valence-corrected chi connectivity index (χ2v) is 6.25. The first-order chi connectivity index (χ1) is 12.0. The monoisotopic (exact) mass is 420 g/mol. The summed E-state index contributed by atoms with van der Waals surface area (Å²) in [4.78, 5) is 26.6. The van der Waals surface area contributed by atoms with Crippen molar-refractivity contribution in [2.24, 2.45) is 12.8 Å². The van der Waals surface area contributed by atoms with Crippen LogP contribution in [0.4, 0.5) is 0 Å². The number of halogens is 2. The third-order valence-corrected chi connectivity index (χ3v) is 4.54. The van der Waals surface area contributed by atoms with E-state index in [0.29, 0.717) is 38.4 Å². The lowest BCUT2D eigenvalue weighted by atomic mass is 9.97. The van der Waals surface area contributed by atoms with Gasteiger partial charge in [0.15, 0.2) is 5.69 Å². The van der Waals surface area contributed by atoms with Crippen molar-refractivity contribution in [2.75, 3.05) is 19.6 Å². The molecule has 0 saturated carbocycles. The number of hydrogen-bond acceptors (Lipinski definition) is 6. The molecule has 152 valence electrons. The number of rotatable bonds is 5. The van der Waals surface area contributed by atoms with Crippen molar-refractivity contribution >= 4 is 30.7 Å². The number of carbonyl (C=O) groups excluding carboxylic acids is 1. The summed E-state index contributed by atoms with van der Waals surface area (Å²) >= 11 is 0. The molecule has 3 heterocycles. The van der Waals surface area contributed by atoms with Crippen LogP contribution >= 0.6 is 24.8 Å². The van der Waals surface area contributed by atoms with Gasteiger partial charge in [0.25, 0.3) is 5.91 Å². The molecule has 10 nitrogen and oxygen atoms in total. The maximum absolute atomic E-state index is 12.7. The molecule has 1 amide bonds. The lowest BCUT2D eigenvalue weighted by molar-refractivity contribution is 0.0697. The fraction of sp³-hybridized carbons (Fsp3) is 0.667. The number of nitrogens with zero attached hydrogens (tertiary/aromatic N) is 7. The molecule has 0 aliphatic carbocycles. The zero-order valence-electron chi connectivity index (χ0n) is 15.4. The Balaban J connectivity index is 0.00000182. The van der Waals surface area contributed by atoms with Crippen LogP contribution in [0.5, 0.6) is 0 Å². The number of hydrogen-bond donors (Lipinski definition) is 1. The average molecular weight is 421 g/mol. The molecule has 27 heavy (non-hydrogen) atoms. The molecule has 2 N–H and O–H groups in total. The Morgan fingerprint density at radius 1 is 1.37 bits per heavy atom. The Labute approximate surface area is 169 Å². The van der Waals surface area contributed by atoms with Crippen LogP contribution in [0.3, 0.4) is 0 Å². The number of piperidine rings is 1. The number of likely N-dealkylation sites (tertiary alicyclic amines) is 1. The van der Waals surface area contributed by atoms with Gasteiger partial charge in [-0.2, -0.15) is 5.10 Å². The highest BCUT2D eigenvalue weighted by molar-refractivity contribution is 5.92. The van der Waals surface area contributed by atoms with Crippen LogP contribution in [0.25, 0.3) is 0 Å². The normalized spacial score (nSPS) is 16.6. The third kappa shape index (κ3) is 4.69. The van der Waals surface area contributed by atoms with E-state index in [4.69, 9.17) is 5.73 Å². The summed E-state index contributed by atoms with van der Waals surface area (Å²) < 4.78 is 4.61. The molecule has 0 radical (unpaired) electrons. The lowest BCUT2D eigenvalue weighted by Gasteiger charge is -2.31. The SMILES string of the molecule is CCn1c(C2CCCN(C(=O)c3cn(CCN)nn3)C2)nn(C)c1=O.Cl.Cl. The van der Waals surface area contributed by atoms with Gasteiger partial charge >= 0.3 is 5.69 Å². The molecule has 1 aliphatic heterocycles. The standard InChI is InChI=1S/C15H24N8O2.2ClH/c1-3-23-13(18-20(2)15(23)25)11-5-4-7-21(9-11)14(24)12-10-22(8-6-16)19-17-12;;/h10-11H,3-9,16H2,1-2H3;2*1H. The maximum atomic E-state index is 12.7. The van der Waals surface area contributed by atoms with E-state index in [0.717, 1.165) is 18.7 Å². The van der Waals surface area contributed by atoms with Crippen LogP contribution in [-0.2, 0) is 20.1 Å². The number of amides is 1. The third-order valence-electron chi connectivity index (χ3n) is 4.54. The number of aromatic nitrogens is 6. The van der Waals surface area contributed by atoms with Crippen molar-refractivity contribution in [3.63, 3.8) is 0 Å². The molecule has 1 saturated heterocycles. The summed E-state index contributed by atoms with van der Waals surface area (Å²) in [6.07, 6.45) is 3.39. The van der Waals surface area contributed by atoms with Crippen LogP contribution in [0.1, 0.15) is 42.0 Å². The van der Waals surface area contributed by atoms with Crippen molar-refractivity contribution in [1.29, 1.82) is 0 Å². The second-order valence-electron chi connectivity index (χ2n) is 6.25.